The van der Waals surface area contributed by atoms with Crippen molar-refractivity contribution in [3.05, 3.63) is 16.1 Å². The second-order valence-electron chi connectivity index (χ2n) is 4.42. The second kappa shape index (κ2) is 7.16. The molecule has 0 spiro atoms. The van der Waals surface area contributed by atoms with E-state index in [0.29, 0.717) is 31.1 Å². The first-order chi connectivity index (χ1) is 10.1. The number of nitrogens with one attached hydrogen (secondary N) is 1. The molecule has 0 unspecified atom stereocenters. The van der Waals surface area contributed by atoms with Crippen molar-refractivity contribution < 1.29 is 4.74 Å². The standard InChI is InChI=1S/C13H20N6OS/c1-5-14-11-16-12(18-13(17-11)20-6-2)19(4)7-10-8-21-9(3)15-10/h8H,5-7H2,1-4H3,(H,14,16,17,18). The van der Waals surface area contributed by atoms with E-state index in [9.17, 15) is 0 Å². The zero-order valence-electron chi connectivity index (χ0n) is 12.8. The minimum absolute atomic E-state index is 0.333. The van der Waals surface area contributed by atoms with Crippen molar-refractivity contribution in [2.24, 2.45) is 0 Å². The first kappa shape index (κ1) is 15.4. The van der Waals surface area contributed by atoms with Gasteiger partial charge in [0.25, 0.3) is 0 Å². The fourth-order valence-electron chi connectivity index (χ4n) is 1.74. The number of anilines is 2. The van der Waals surface area contributed by atoms with Gasteiger partial charge in [0.1, 0.15) is 0 Å². The highest BCUT2D eigenvalue weighted by Gasteiger charge is 2.12. The largest absolute Gasteiger partial charge is 0.464 e. The average Bonchev–Trinajstić information content (AvgIpc) is 2.84. The molecule has 21 heavy (non-hydrogen) atoms. The third kappa shape index (κ3) is 4.25. The molecule has 0 aromatic carbocycles. The third-order valence-corrected chi connectivity index (χ3v) is 3.44. The van der Waals surface area contributed by atoms with Gasteiger partial charge in [-0.25, -0.2) is 4.98 Å². The Balaban J connectivity index is 2.19. The summed E-state index contributed by atoms with van der Waals surface area (Å²) in [7, 11) is 1.93. The van der Waals surface area contributed by atoms with Crippen molar-refractivity contribution in [1.82, 2.24) is 19.9 Å². The minimum Gasteiger partial charge on any atom is -0.464 e. The molecule has 0 aliphatic carbocycles. The molecule has 2 aromatic rings. The van der Waals surface area contributed by atoms with Crippen LogP contribution in [-0.4, -0.2) is 40.1 Å². The quantitative estimate of drug-likeness (QED) is 0.839. The third-order valence-electron chi connectivity index (χ3n) is 2.62. The van der Waals surface area contributed by atoms with Crippen molar-refractivity contribution in [2.75, 3.05) is 30.4 Å². The van der Waals surface area contributed by atoms with Crippen LogP contribution in [0.5, 0.6) is 6.01 Å². The van der Waals surface area contributed by atoms with Crippen LogP contribution in [0.4, 0.5) is 11.9 Å². The molecule has 7 nitrogen and oxygen atoms in total. The molecule has 2 rings (SSSR count). The molecule has 0 aliphatic heterocycles. The van der Waals surface area contributed by atoms with E-state index in [1.54, 1.807) is 11.3 Å². The van der Waals surface area contributed by atoms with Crippen LogP contribution >= 0.6 is 11.3 Å². The highest BCUT2D eigenvalue weighted by atomic mass is 32.1. The predicted molar refractivity (Wildman–Crippen MR) is 84.1 cm³/mol. The molecule has 0 radical (unpaired) electrons. The zero-order chi connectivity index (χ0) is 15.2. The molecule has 2 heterocycles. The van der Waals surface area contributed by atoms with Gasteiger partial charge in [-0.2, -0.15) is 15.0 Å². The van der Waals surface area contributed by atoms with Crippen LogP contribution in [0.15, 0.2) is 5.38 Å². The normalized spacial score (nSPS) is 10.5. The van der Waals surface area contributed by atoms with Crippen molar-refractivity contribution in [3.8, 4) is 6.01 Å². The maximum atomic E-state index is 5.40. The van der Waals surface area contributed by atoms with Gasteiger partial charge in [0.15, 0.2) is 0 Å². The van der Waals surface area contributed by atoms with Gasteiger partial charge in [-0.15, -0.1) is 11.3 Å². The van der Waals surface area contributed by atoms with Gasteiger partial charge in [-0.05, 0) is 20.8 Å². The van der Waals surface area contributed by atoms with E-state index in [-0.39, 0.29) is 0 Å². The molecular formula is C13H20N6OS. The van der Waals surface area contributed by atoms with E-state index in [1.165, 1.54) is 0 Å². The van der Waals surface area contributed by atoms with Gasteiger partial charge >= 0.3 is 6.01 Å². The van der Waals surface area contributed by atoms with Crippen LogP contribution in [-0.2, 0) is 6.54 Å². The zero-order valence-corrected chi connectivity index (χ0v) is 13.6. The molecule has 1 N–H and O–H groups in total. The number of rotatable bonds is 7. The van der Waals surface area contributed by atoms with Gasteiger partial charge in [0, 0.05) is 19.0 Å². The second-order valence-corrected chi connectivity index (χ2v) is 5.48. The summed E-state index contributed by atoms with van der Waals surface area (Å²) in [4.78, 5) is 19.3. The van der Waals surface area contributed by atoms with Crippen molar-refractivity contribution in [1.29, 1.82) is 0 Å². The van der Waals surface area contributed by atoms with E-state index >= 15 is 0 Å². The Kier molecular flexibility index (Phi) is 5.26. The summed E-state index contributed by atoms with van der Waals surface area (Å²) in [6.07, 6.45) is 0. The van der Waals surface area contributed by atoms with Crippen LogP contribution in [0, 0.1) is 6.92 Å². The molecule has 0 aliphatic rings. The van der Waals surface area contributed by atoms with Gasteiger partial charge in [0.05, 0.1) is 23.9 Å². The summed E-state index contributed by atoms with van der Waals surface area (Å²) in [5.74, 6) is 1.09. The molecule has 0 fully saturated rings. The van der Waals surface area contributed by atoms with Crippen LogP contribution in [0.1, 0.15) is 24.5 Å². The molecule has 0 saturated heterocycles. The van der Waals surface area contributed by atoms with Crippen LogP contribution in [0.2, 0.25) is 0 Å². The Morgan fingerprint density at radius 3 is 2.67 bits per heavy atom. The SMILES string of the molecule is CCNc1nc(OCC)nc(N(C)Cc2csc(C)n2)n1. The number of hydrogen-bond donors (Lipinski definition) is 1. The Morgan fingerprint density at radius 2 is 2.05 bits per heavy atom. The molecule has 0 atom stereocenters. The summed E-state index contributed by atoms with van der Waals surface area (Å²) in [5.41, 5.74) is 1.00. The highest BCUT2D eigenvalue weighted by molar-refractivity contribution is 7.09. The lowest BCUT2D eigenvalue weighted by atomic mass is 10.4. The van der Waals surface area contributed by atoms with Crippen molar-refractivity contribution >= 4 is 23.2 Å². The smallest absolute Gasteiger partial charge is 0.323 e. The Hall–Kier alpha value is -1.96. The lowest BCUT2D eigenvalue weighted by molar-refractivity contribution is 0.312. The summed E-state index contributed by atoms with van der Waals surface area (Å²) < 4.78 is 5.40. The monoisotopic (exact) mass is 308 g/mol. The van der Waals surface area contributed by atoms with Gasteiger partial charge < -0.3 is 15.0 Å². The summed E-state index contributed by atoms with van der Waals surface area (Å²) >= 11 is 1.64. The van der Waals surface area contributed by atoms with Crippen LogP contribution in [0.25, 0.3) is 0 Å². The maximum absolute atomic E-state index is 5.40. The lowest BCUT2D eigenvalue weighted by Crippen LogP contribution is -2.21. The molecule has 0 bridgehead atoms. The minimum atomic E-state index is 0.333. The maximum Gasteiger partial charge on any atom is 0.323 e. The first-order valence-electron chi connectivity index (χ1n) is 6.87. The Labute approximate surface area is 128 Å². The first-order valence-corrected chi connectivity index (χ1v) is 7.75. The Morgan fingerprint density at radius 1 is 1.24 bits per heavy atom. The number of aromatic nitrogens is 4. The lowest BCUT2D eigenvalue weighted by Gasteiger charge is -2.17. The number of hydrogen-bond acceptors (Lipinski definition) is 8. The van der Waals surface area contributed by atoms with Crippen molar-refractivity contribution in [3.63, 3.8) is 0 Å². The fraction of sp³-hybridized carbons (Fsp3) is 0.538. The number of thiazole rings is 1. The van der Waals surface area contributed by atoms with Crippen molar-refractivity contribution in [2.45, 2.75) is 27.3 Å². The predicted octanol–water partition coefficient (Wildman–Crippen LogP) is 2.10. The summed E-state index contributed by atoms with van der Waals surface area (Å²) in [5, 5.41) is 6.18. The van der Waals surface area contributed by atoms with E-state index in [4.69, 9.17) is 4.74 Å². The van der Waals surface area contributed by atoms with E-state index in [0.717, 1.165) is 17.2 Å². The molecule has 114 valence electrons. The fourth-order valence-corrected chi connectivity index (χ4v) is 2.35. The molecule has 0 saturated carbocycles. The topological polar surface area (TPSA) is 76.1 Å². The van der Waals surface area contributed by atoms with E-state index < -0.39 is 0 Å². The summed E-state index contributed by atoms with van der Waals surface area (Å²) in [6.45, 7) is 7.79. The Bertz CT molecular complexity index is 564. The average molecular weight is 308 g/mol. The number of ether oxygens (including phenoxy) is 1. The summed E-state index contributed by atoms with van der Waals surface area (Å²) in [6, 6.07) is 0.333. The number of nitrogens with zero attached hydrogens (tertiary/aromatic N) is 5. The van der Waals surface area contributed by atoms with Gasteiger partial charge in [-0.1, -0.05) is 0 Å². The molecule has 2 aromatic heterocycles. The molecule has 8 heteroatoms. The van der Waals surface area contributed by atoms with Crippen LogP contribution in [0.3, 0.4) is 0 Å². The molecule has 0 amide bonds. The van der Waals surface area contributed by atoms with Gasteiger partial charge in [0.2, 0.25) is 11.9 Å². The van der Waals surface area contributed by atoms with Crippen LogP contribution < -0.4 is 15.0 Å². The van der Waals surface area contributed by atoms with Gasteiger partial charge in [-0.3, -0.25) is 0 Å². The van der Waals surface area contributed by atoms with E-state index in [1.807, 2.05) is 38.1 Å². The number of aryl methyl sites for hydroxylation is 1. The highest BCUT2D eigenvalue weighted by Crippen LogP contribution is 2.17. The van der Waals surface area contributed by atoms with E-state index in [2.05, 4.69) is 25.3 Å². The molecular weight excluding hydrogens is 288 g/mol.